The summed E-state index contributed by atoms with van der Waals surface area (Å²) in [5.41, 5.74) is 4.48. The Labute approximate surface area is 159 Å². The third kappa shape index (κ3) is 4.44. The molecular weight excluding hydrogens is 338 g/mol. The van der Waals surface area contributed by atoms with E-state index in [0.717, 1.165) is 28.3 Å². The molecule has 0 aliphatic rings. The molecule has 1 heterocycles. The lowest BCUT2D eigenvalue weighted by Crippen LogP contribution is -2.23. The van der Waals surface area contributed by atoms with E-state index in [9.17, 15) is 4.79 Å². The maximum atomic E-state index is 12.5. The molecule has 1 amide bonds. The van der Waals surface area contributed by atoms with Crippen molar-refractivity contribution in [1.82, 2.24) is 10.3 Å². The number of rotatable bonds is 6. The van der Waals surface area contributed by atoms with Crippen LogP contribution in [0.4, 0.5) is 5.69 Å². The Morgan fingerprint density at radius 2 is 1.74 bits per heavy atom. The molecule has 0 radical (unpaired) electrons. The van der Waals surface area contributed by atoms with E-state index in [1.54, 1.807) is 13.3 Å². The fraction of sp³-hybridized carbons (Fsp3) is 0.182. The Hall–Kier alpha value is -3.34. The molecule has 27 heavy (non-hydrogen) atoms. The fourth-order valence-electron chi connectivity index (χ4n) is 2.78. The lowest BCUT2D eigenvalue weighted by Gasteiger charge is -2.13. The molecule has 138 valence electrons. The lowest BCUT2D eigenvalue weighted by molar-refractivity contribution is 0.0951. The van der Waals surface area contributed by atoms with E-state index in [1.165, 1.54) is 0 Å². The first-order chi connectivity index (χ1) is 13.1. The SMILES string of the molecule is COc1ccc(-c2ncccc2CNC(=O)c2ccc(N(C)C)cc2)cc1. The second kappa shape index (κ2) is 8.36. The van der Waals surface area contributed by atoms with Gasteiger partial charge in [-0.1, -0.05) is 6.07 Å². The van der Waals surface area contributed by atoms with E-state index in [-0.39, 0.29) is 5.91 Å². The number of benzene rings is 2. The average molecular weight is 361 g/mol. The predicted molar refractivity (Wildman–Crippen MR) is 108 cm³/mol. The zero-order chi connectivity index (χ0) is 19.2. The Morgan fingerprint density at radius 3 is 2.37 bits per heavy atom. The summed E-state index contributed by atoms with van der Waals surface area (Å²) in [6.07, 6.45) is 1.75. The van der Waals surface area contributed by atoms with Gasteiger partial charge in [0.1, 0.15) is 5.75 Å². The minimum atomic E-state index is -0.107. The van der Waals surface area contributed by atoms with Gasteiger partial charge in [-0.05, 0) is 60.2 Å². The standard InChI is InChI=1S/C22H23N3O2/c1-25(2)19-10-6-17(7-11-19)22(26)24-15-18-5-4-14-23-21(18)16-8-12-20(27-3)13-9-16/h4-14H,15H2,1-3H3,(H,24,26). The molecule has 0 atom stereocenters. The number of anilines is 1. The minimum absolute atomic E-state index is 0.107. The highest BCUT2D eigenvalue weighted by Crippen LogP contribution is 2.23. The third-order valence-corrected chi connectivity index (χ3v) is 4.34. The summed E-state index contributed by atoms with van der Waals surface area (Å²) in [5, 5.41) is 2.98. The van der Waals surface area contributed by atoms with Crippen LogP contribution in [0.25, 0.3) is 11.3 Å². The Balaban J connectivity index is 1.73. The molecule has 3 aromatic rings. The van der Waals surface area contributed by atoms with Crippen LogP contribution in [-0.4, -0.2) is 32.1 Å². The van der Waals surface area contributed by atoms with Crippen molar-refractivity contribution in [2.45, 2.75) is 6.54 Å². The Bertz CT molecular complexity index is 904. The first kappa shape index (κ1) is 18.5. The summed E-state index contributed by atoms with van der Waals surface area (Å²) < 4.78 is 5.21. The van der Waals surface area contributed by atoms with Gasteiger partial charge in [-0.2, -0.15) is 0 Å². The number of methoxy groups -OCH3 is 1. The molecule has 1 aromatic heterocycles. The summed E-state index contributed by atoms with van der Waals surface area (Å²) in [6, 6.07) is 19.1. The van der Waals surface area contributed by atoms with E-state index in [1.807, 2.05) is 79.7 Å². The highest BCUT2D eigenvalue weighted by atomic mass is 16.5. The van der Waals surface area contributed by atoms with Gasteiger partial charge in [0, 0.05) is 43.7 Å². The average Bonchev–Trinajstić information content (AvgIpc) is 2.72. The number of nitrogens with one attached hydrogen (secondary N) is 1. The maximum absolute atomic E-state index is 12.5. The van der Waals surface area contributed by atoms with Gasteiger partial charge < -0.3 is 15.0 Å². The van der Waals surface area contributed by atoms with E-state index in [4.69, 9.17) is 4.74 Å². The zero-order valence-electron chi connectivity index (χ0n) is 15.8. The summed E-state index contributed by atoms with van der Waals surface area (Å²) >= 11 is 0. The summed E-state index contributed by atoms with van der Waals surface area (Å²) in [4.78, 5) is 19.0. The van der Waals surface area contributed by atoms with Crippen molar-refractivity contribution < 1.29 is 9.53 Å². The molecule has 3 rings (SSSR count). The van der Waals surface area contributed by atoms with Crippen LogP contribution in [0, 0.1) is 0 Å². The van der Waals surface area contributed by atoms with Crippen molar-refractivity contribution >= 4 is 11.6 Å². The highest BCUT2D eigenvalue weighted by Gasteiger charge is 2.10. The molecule has 2 aromatic carbocycles. The van der Waals surface area contributed by atoms with Crippen LogP contribution in [0.3, 0.4) is 0 Å². The molecule has 0 fully saturated rings. The van der Waals surface area contributed by atoms with Gasteiger partial charge in [-0.3, -0.25) is 9.78 Å². The first-order valence-electron chi connectivity index (χ1n) is 8.72. The minimum Gasteiger partial charge on any atom is -0.497 e. The largest absolute Gasteiger partial charge is 0.497 e. The van der Waals surface area contributed by atoms with Crippen molar-refractivity contribution in [2.24, 2.45) is 0 Å². The van der Waals surface area contributed by atoms with E-state index in [2.05, 4.69) is 10.3 Å². The summed E-state index contributed by atoms with van der Waals surface area (Å²) in [6.45, 7) is 0.406. The molecule has 0 spiro atoms. The number of hydrogen-bond donors (Lipinski definition) is 1. The highest BCUT2D eigenvalue weighted by molar-refractivity contribution is 5.94. The number of amides is 1. The molecular formula is C22H23N3O2. The quantitative estimate of drug-likeness (QED) is 0.726. The monoisotopic (exact) mass is 361 g/mol. The zero-order valence-corrected chi connectivity index (χ0v) is 15.8. The smallest absolute Gasteiger partial charge is 0.251 e. The molecule has 0 bridgehead atoms. The van der Waals surface area contributed by atoms with Crippen LogP contribution in [0.2, 0.25) is 0 Å². The number of aromatic nitrogens is 1. The lowest BCUT2D eigenvalue weighted by atomic mass is 10.1. The van der Waals surface area contributed by atoms with Gasteiger partial charge in [-0.15, -0.1) is 0 Å². The van der Waals surface area contributed by atoms with E-state index >= 15 is 0 Å². The Morgan fingerprint density at radius 1 is 1.04 bits per heavy atom. The molecule has 5 heteroatoms. The summed E-state index contributed by atoms with van der Waals surface area (Å²) in [5.74, 6) is 0.690. The van der Waals surface area contributed by atoms with E-state index < -0.39 is 0 Å². The van der Waals surface area contributed by atoms with Gasteiger partial charge >= 0.3 is 0 Å². The second-order valence-electron chi connectivity index (χ2n) is 6.36. The molecule has 0 aliphatic heterocycles. The van der Waals surface area contributed by atoms with Gasteiger partial charge in [0.15, 0.2) is 0 Å². The number of carbonyl (C=O) groups excluding carboxylic acids is 1. The Kier molecular flexibility index (Phi) is 5.71. The van der Waals surface area contributed by atoms with Gasteiger partial charge in [-0.25, -0.2) is 0 Å². The van der Waals surface area contributed by atoms with Crippen LogP contribution >= 0.6 is 0 Å². The van der Waals surface area contributed by atoms with Crippen molar-refractivity contribution in [3.8, 4) is 17.0 Å². The number of pyridine rings is 1. The van der Waals surface area contributed by atoms with Gasteiger partial charge in [0.2, 0.25) is 0 Å². The number of ether oxygens (including phenoxy) is 1. The predicted octanol–water partition coefficient (Wildman–Crippen LogP) is 3.75. The van der Waals surface area contributed by atoms with Crippen molar-refractivity contribution in [3.63, 3.8) is 0 Å². The fourth-order valence-corrected chi connectivity index (χ4v) is 2.78. The van der Waals surface area contributed by atoms with Crippen LogP contribution in [-0.2, 0) is 6.54 Å². The number of nitrogens with zero attached hydrogens (tertiary/aromatic N) is 2. The first-order valence-corrected chi connectivity index (χ1v) is 8.72. The van der Waals surface area contributed by atoms with Crippen molar-refractivity contribution in [2.75, 3.05) is 26.1 Å². The topological polar surface area (TPSA) is 54.5 Å². The van der Waals surface area contributed by atoms with Crippen LogP contribution in [0.15, 0.2) is 66.9 Å². The molecule has 5 nitrogen and oxygen atoms in total. The third-order valence-electron chi connectivity index (χ3n) is 4.34. The molecule has 1 N–H and O–H groups in total. The van der Waals surface area contributed by atoms with Crippen molar-refractivity contribution in [1.29, 1.82) is 0 Å². The molecule has 0 saturated heterocycles. The van der Waals surface area contributed by atoms with Crippen molar-refractivity contribution in [3.05, 3.63) is 78.0 Å². The van der Waals surface area contributed by atoms with Gasteiger partial charge in [0.05, 0.1) is 12.8 Å². The molecule has 0 saturated carbocycles. The molecule has 0 aliphatic carbocycles. The normalized spacial score (nSPS) is 10.3. The van der Waals surface area contributed by atoms with E-state index in [0.29, 0.717) is 12.1 Å². The van der Waals surface area contributed by atoms with Crippen LogP contribution < -0.4 is 15.0 Å². The number of carbonyl (C=O) groups is 1. The number of hydrogen-bond acceptors (Lipinski definition) is 4. The van der Waals surface area contributed by atoms with Crippen LogP contribution in [0.5, 0.6) is 5.75 Å². The second-order valence-corrected chi connectivity index (χ2v) is 6.36. The molecule has 0 unspecified atom stereocenters. The maximum Gasteiger partial charge on any atom is 0.251 e. The van der Waals surface area contributed by atoms with Gasteiger partial charge in [0.25, 0.3) is 5.91 Å². The summed E-state index contributed by atoms with van der Waals surface area (Å²) in [7, 11) is 5.58. The van der Waals surface area contributed by atoms with Crippen LogP contribution in [0.1, 0.15) is 15.9 Å².